The van der Waals surface area contributed by atoms with Crippen molar-refractivity contribution in [2.75, 3.05) is 11.2 Å². The highest BCUT2D eigenvalue weighted by Gasteiger charge is 2.48. The van der Waals surface area contributed by atoms with E-state index in [0.29, 0.717) is 12.0 Å². The fraction of sp³-hybridized carbons (Fsp3) is 0.300. The molecule has 3 rings (SSSR count). The molecule has 2 atom stereocenters. The first-order chi connectivity index (χ1) is 14.5. The van der Waals surface area contributed by atoms with Crippen molar-refractivity contribution in [1.29, 1.82) is 0 Å². The molecule has 2 aromatic rings. The lowest BCUT2D eigenvalue weighted by atomic mass is 9.86. The van der Waals surface area contributed by atoms with E-state index in [4.69, 9.17) is 23.2 Å². The molecule has 0 aliphatic carbocycles. The second-order valence-electron chi connectivity index (χ2n) is 6.40. The molecule has 1 aliphatic heterocycles. The Kier molecular flexibility index (Phi) is 8.62. The molecule has 31 heavy (non-hydrogen) atoms. The molecule has 0 saturated carbocycles. The second-order valence-corrected chi connectivity index (χ2v) is 7.58. The third-order valence-corrected chi connectivity index (χ3v) is 4.88. The van der Waals surface area contributed by atoms with Crippen molar-refractivity contribution < 1.29 is 31.4 Å². The maximum atomic E-state index is 13.0. The number of rotatable bonds is 4. The summed E-state index contributed by atoms with van der Waals surface area (Å²) in [5, 5.41) is 0.543. The molecule has 0 N–H and O–H groups in total. The van der Waals surface area contributed by atoms with Gasteiger partial charge >= 0.3 is 6.36 Å². The first-order valence-electron chi connectivity index (χ1n) is 8.86. The Bertz CT molecular complexity index is 921. The van der Waals surface area contributed by atoms with Gasteiger partial charge in [-0.05, 0) is 42.3 Å². The van der Waals surface area contributed by atoms with Gasteiger partial charge in [-0.2, -0.15) is 3.89 Å². The van der Waals surface area contributed by atoms with Gasteiger partial charge in [0.15, 0.2) is 0 Å². The van der Waals surface area contributed by atoms with Crippen molar-refractivity contribution in [1.82, 2.24) is 0 Å². The molecule has 1 fully saturated rings. The number of carbonyl (C=O) groups is 2. The lowest BCUT2D eigenvalue weighted by molar-refractivity contribution is -0.274. The molecule has 1 aliphatic rings. The van der Waals surface area contributed by atoms with Crippen molar-refractivity contribution in [2.24, 2.45) is 5.92 Å². The molecule has 168 valence electrons. The van der Waals surface area contributed by atoms with Gasteiger partial charge < -0.3 is 4.74 Å². The fourth-order valence-corrected chi connectivity index (χ4v) is 3.83. The largest absolute Gasteiger partial charge is 0.573 e. The number of ether oxygens (including phenoxy) is 1. The normalized spacial score (nSPS) is 18.6. The predicted octanol–water partition coefficient (Wildman–Crippen LogP) is 6.81. The molecule has 1 saturated heterocycles. The van der Waals surface area contributed by atoms with Gasteiger partial charge in [-0.3, -0.25) is 9.59 Å². The zero-order valence-electron chi connectivity index (χ0n) is 16.3. The van der Waals surface area contributed by atoms with E-state index in [-0.39, 0.29) is 27.9 Å². The number of hydrogen-bond acceptors (Lipinski definition) is 4. The molecule has 4 nitrogen and oxygen atoms in total. The number of imide groups is 1. The van der Waals surface area contributed by atoms with Crippen LogP contribution in [0.25, 0.3) is 0 Å². The summed E-state index contributed by atoms with van der Waals surface area (Å²) in [6.07, 6.45) is -3.06. The third kappa shape index (κ3) is 6.27. The lowest BCUT2D eigenvalue weighted by Crippen LogP contribution is -2.30. The van der Waals surface area contributed by atoms with Crippen LogP contribution in [-0.2, 0) is 9.59 Å². The predicted molar refractivity (Wildman–Crippen MR) is 113 cm³/mol. The minimum absolute atomic E-state index is 0.250. The van der Waals surface area contributed by atoms with Crippen LogP contribution in [0.5, 0.6) is 5.75 Å². The van der Waals surface area contributed by atoms with Crippen LogP contribution >= 0.6 is 35.3 Å². The summed E-state index contributed by atoms with van der Waals surface area (Å²) in [5.74, 6) is -2.78. The number of amides is 2. The summed E-state index contributed by atoms with van der Waals surface area (Å²) in [5.41, 5.74) is 0.681. The van der Waals surface area contributed by atoms with E-state index >= 15 is 0 Å². The number of nitrogens with zero attached hydrogens (tertiary/aromatic N) is 1. The molecular formula is C20H17Cl2F4NO3S. The SMILES string of the molecule is CCC1C(=O)N(c2cc(Cl)cc(Cl)c2)C(=O)[C@H]1c1ccc(OC(F)(F)F)cc1.CSF. The van der Waals surface area contributed by atoms with E-state index in [1.54, 1.807) is 6.92 Å². The van der Waals surface area contributed by atoms with Crippen LogP contribution in [0.4, 0.5) is 22.7 Å². The first-order valence-corrected chi connectivity index (χ1v) is 10.7. The Morgan fingerprint density at radius 2 is 1.55 bits per heavy atom. The Morgan fingerprint density at radius 3 is 2.00 bits per heavy atom. The number of halogens is 6. The van der Waals surface area contributed by atoms with E-state index in [0.717, 1.165) is 17.0 Å². The monoisotopic (exact) mass is 497 g/mol. The zero-order chi connectivity index (χ0) is 23.3. The summed E-state index contributed by atoms with van der Waals surface area (Å²) in [7, 11) is 0. The Balaban J connectivity index is 0.00000107. The third-order valence-electron chi connectivity index (χ3n) is 4.44. The van der Waals surface area contributed by atoms with Gasteiger partial charge in [-0.25, -0.2) is 4.90 Å². The minimum atomic E-state index is -4.81. The average molecular weight is 498 g/mol. The maximum Gasteiger partial charge on any atom is 0.573 e. The molecule has 1 heterocycles. The van der Waals surface area contributed by atoms with Crippen LogP contribution in [0.2, 0.25) is 10.0 Å². The first kappa shape index (κ1) is 25.3. The molecule has 0 aromatic heterocycles. The summed E-state index contributed by atoms with van der Waals surface area (Å²) >= 11 is 12.2. The minimum Gasteiger partial charge on any atom is -0.406 e. The van der Waals surface area contributed by atoms with Gasteiger partial charge in [-0.15, -0.1) is 13.2 Å². The number of hydrogen-bond donors (Lipinski definition) is 0. The van der Waals surface area contributed by atoms with Crippen LogP contribution in [0.1, 0.15) is 24.8 Å². The highest BCUT2D eigenvalue weighted by Crippen LogP contribution is 2.41. The van der Waals surface area contributed by atoms with Crippen LogP contribution in [0.3, 0.4) is 0 Å². The van der Waals surface area contributed by atoms with Gasteiger partial charge in [0.05, 0.1) is 17.5 Å². The molecule has 0 bridgehead atoms. The second kappa shape index (κ2) is 10.6. The number of carbonyl (C=O) groups excluding carboxylic acids is 2. The average Bonchev–Trinajstić information content (AvgIpc) is 2.90. The maximum absolute atomic E-state index is 13.0. The fourth-order valence-electron chi connectivity index (χ4n) is 3.31. The highest BCUT2D eigenvalue weighted by atomic mass is 35.5. The molecule has 11 heteroatoms. The standard InChI is InChI=1S/C19H14Cl2F3NO3.CH3FS/c1-2-15-16(10-3-5-14(6-4-10)28-19(22,23)24)18(27)25(17(15)26)13-8-11(20)7-12(21)9-13;1-3-2/h3-9,15-16H,2H2,1H3;1H3/t15?,16-;/m0./s1. The quantitative estimate of drug-likeness (QED) is 0.343. The summed E-state index contributed by atoms with van der Waals surface area (Å²) in [6.45, 7) is 1.76. The van der Waals surface area contributed by atoms with Crippen LogP contribution in [-0.4, -0.2) is 24.4 Å². The highest BCUT2D eigenvalue weighted by molar-refractivity contribution is 7.93. The molecular weight excluding hydrogens is 481 g/mol. The lowest BCUT2D eigenvalue weighted by Gasteiger charge is -2.16. The zero-order valence-corrected chi connectivity index (χ0v) is 18.6. The topological polar surface area (TPSA) is 46.6 Å². The number of anilines is 1. The van der Waals surface area contributed by atoms with Gasteiger partial charge in [0.1, 0.15) is 5.75 Å². The Morgan fingerprint density at radius 1 is 1.03 bits per heavy atom. The Hall–Kier alpha value is -1.97. The van der Waals surface area contributed by atoms with E-state index in [9.17, 15) is 26.6 Å². The molecule has 1 unspecified atom stereocenters. The molecule has 0 radical (unpaired) electrons. The van der Waals surface area contributed by atoms with Gasteiger partial charge in [0.25, 0.3) is 0 Å². The number of benzene rings is 2. The molecule has 0 spiro atoms. The van der Waals surface area contributed by atoms with Gasteiger partial charge in [0, 0.05) is 28.4 Å². The molecule has 2 amide bonds. The van der Waals surface area contributed by atoms with E-state index in [1.807, 2.05) is 0 Å². The van der Waals surface area contributed by atoms with Gasteiger partial charge in [-0.1, -0.05) is 42.3 Å². The van der Waals surface area contributed by atoms with Crippen molar-refractivity contribution >= 4 is 52.9 Å². The summed E-state index contributed by atoms with van der Waals surface area (Å²) in [4.78, 5) is 26.9. The van der Waals surface area contributed by atoms with Crippen LogP contribution < -0.4 is 9.64 Å². The van der Waals surface area contributed by atoms with Crippen LogP contribution in [0.15, 0.2) is 42.5 Å². The summed E-state index contributed by atoms with van der Waals surface area (Å²) < 4.78 is 51.0. The van der Waals surface area contributed by atoms with E-state index in [2.05, 4.69) is 4.74 Å². The smallest absolute Gasteiger partial charge is 0.406 e. The van der Waals surface area contributed by atoms with Crippen molar-refractivity contribution in [3.8, 4) is 5.75 Å². The Labute approximate surface area is 190 Å². The molecule has 2 aromatic carbocycles. The summed E-state index contributed by atoms with van der Waals surface area (Å²) in [6, 6.07) is 9.34. The van der Waals surface area contributed by atoms with E-state index in [1.165, 1.54) is 36.6 Å². The van der Waals surface area contributed by atoms with Crippen LogP contribution in [0, 0.1) is 5.92 Å². The van der Waals surface area contributed by atoms with E-state index < -0.39 is 35.8 Å². The number of alkyl halides is 3. The van der Waals surface area contributed by atoms with Crippen molar-refractivity contribution in [3.05, 3.63) is 58.1 Å². The van der Waals surface area contributed by atoms with Crippen molar-refractivity contribution in [2.45, 2.75) is 25.6 Å². The van der Waals surface area contributed by atoms with Gasteiger partial charge in [0.2, 0.25) is 11.8 Å². The van der Waals surface area contributed by atoms with Crippen molar-refractivity contribution in [3.63, 3.8) is 0 Å².